The first-order valence-corrected chi connectivity index (χ1v) is 12.1. The number of quaternary nitrogens is 1. The zero-order valence-corrected chi connectivity index (χ0v) is 18.7. The van der Waals surface area contributed by atoms with Crippen molar-refractivity contribution >= 4 is 44.6 Å². The van der Waals surface area contributed by atoms with Crippen molar-refractivity contribution in [2.45, 2.75) is 24.1 Å². The van der Waals surface area contributed by atoms with Crippen LogP contribution in [0, 0.1) is 0 Å². The molecule has 1 aliphatic rings. The third-order valence-electron chi connectivity index (χ3n) is 4.96. The molecular formula is C19H25ClN3O4S2+. The second-order valence-electron chi connectivity index (χ2n) is 6.76. The van der Waals surface area contributed by atoms with Crippen LogP contribution in [0.2, 0.25) is 4.34 Å². The van der Waals surface area contributed by atoms with Crippen LogP contribution in [-0.2, 0) is 14.8 Å². The van der Waals surface area contributed by atoms with Crippen LogP contribution in [0.4, 0.5) is 5.69 Å². The van der Waals surface area contributed by atoms with Crippen molar-refractivity contribution in [1.29, 1.82) is 0 Å². The number of benzene rings is 1. The second kappa shape index (κ2) is 9.44. The zero-order valence-electron chi connectivity index (χ0n) is 16.4. The molecule has 1 aromatic carbocycles. The molecule has 0 aliphatic carbocycles. The lowest BCUT2D eigenvalue weighted by Crippen LogP contribution is -3.19. The van der Waals surface area contributed by atoms with Gasteiger partial charge >= 0.3 is 0 Å². The first-order valence-electron chi connectivity index (χ1n) is 9.45. The van der Waals surface area contributed by atoms with Crippen molar-refractivity contribution in [1.82, 2.24) is 4.31 Å². The fraction of sp³-hybridized carbons (Fsp3) is 0.421. The molecule has 10 heteroatoms. The largest absolute Gasteiger partial charge is 0.492 e. The number of rotatable bonds is 7. The smallest absolute Gasteiger partial charge is 0.282 e. The summed E-state index contributed by atoms with van der Waals surface area (Å²) < 4.78 is 33.2. The van der Waals surface area contributed by atoms with Gasteiger partial charge < -0.3 is 15.0 Å². The molecule has 1 atom stereocenters. The van der Waals surface area contributed by atoms with E-state index in [4.69, 9.17) is 16.3 Å². The molecule has 1 aromatic heterocycles. The Morgan fingerprint density at radius 3 is 2.59 bits per heavy atom. The fourth-order valence-electron chi connectivity index (χ4n) is 3.29. The Hall–Kier alpha value is -1.65. The number of sulfonamides is 1. The van der Waals surface area contributed by atoms with Crippen LogP contribution in [0.1, 0.15) is 13.8 Å². The highest BCUT2D eigenvalue weighted by atomic mass is 35.5. The third kappa shape index (κ3) is 5.10. The van der Waals surface area contributed by atoms with E-state index in [9.17, 15) is 13.2 Å². The molecule has 29 heavy (non-hydrogen) atoms. The predicted octanol–water partition coefficient (Wildman–Crippen LogP) is 1.72. The molecule has 2 aromatic rings. The number of halogens is 1. The first-order chi connectivity index (χ1) is 13.8. The van der Waals surface area contributed by atoms with E-state index in [0.29, 0.717) is 48.6 Å². The van der Waals surface area contributed by atoms with Crippen LogP contribution in [0.5, 0.6) is 5.75 Å². The molecule has 2 N–H and O–H groups in total. The van der Waals surface area contributed by atoms with E-state index in [2.05, 4.69) is 5.32 Å². The Labute approximate surface area is 180 Å². The fourth-order valence-corrected chi connectivity index (χ4v) is 6.37. The number of ether oxygens (including phenoxy) is 1. The maximum absolute atomic E-state index is 12.7. The number of amides is 1. The normalized spacial score (nSPS) is 17.1. The zero-order chi connectivity index (χ0) is 21.0. The maximum atomic E-state index is 12.7. The molecule has 0 radical (unpaired) electrons. The summed E-state index contributed by atoms with van der Waals surface area (Å²) in [5.74, 6) is 0.518. The minimum absolute atomic E-state index is 0.117. The number of anilines is 1. The van der Waals surface area contributed by atoms with Gasteiger partial charge in [0.1, 0.15) is 9.96 Å². The Bertz CT molecular complexity index is 956. The van der Waals surface area contributed by atoms with Crippen molar-refractivity contribution in [2.24, 2.45) is 0 Å². The average Bonchev–Trinajstić information content (AvgIpc) is 3.16. The van der Waals surface area contributed by atoms with Gasteiger partial charge in [0.2, 0.25) is 0 Å². The molecule has 2 heterocycles. The quantitative estimate of drug-likeness (QED) is 0.662. The van der Waals surface area contributed by atoms with Crippen molar-refractivity contribution in [3.05, 3.63) is 40.7 Å². The summed E-state index contributed by atoms with van der Waals surface area (Å²) in [6, 6.07) is 10.1. The number of para-hydroxylation sites is 2. The van der Waals surface area contributed by atoms with E-state index in [-0.39, 0.29) is 16.2 Å². The Morgan fingerprint density at radius 1 is 1.28 bits per heavy atom. The van der Waals surface area contributed by atoms with E-state index in [1.54, 1.807) is 6.07 Å². The standard InChI is InChI=1S/C19H24ClN3O4S2/c1-3-27-16-7-5-4-6-15(16)21-19(24)14(2)22-10-12-23(13-11-22)29(25,26)18-9-8-17(20)28-18/h4-9,14H,3,10-13H2,1-2H3,(H,21,24)/p+1. The predicted molar refractivity (Wildman–Crippen MR) is 114 cm³/mol. The number of carbonyl (C=O) groups is 1. The number of hydrogen-bond donors (Lipinski definition) is 2. The molecule has 3 rings (SSSR count). The van der Waals surface area contributed by atoms with Gasteiger partial charge in [-0.3, -0.25) is 4.79 Å². The molecule has 158 valence electrons. The van der Waals surface area contributed by atoms with Crippen LogP contribution in [0.25, 0.3) is 0 Å². The highest BCUT2D eigenvalue weighted by molar-refractivity contribution is 7.91. The summed E-state index contributed by atoms with van der Waals surface area (Å²) in [4.78, 5) is 13.8. The Morgan fingerprint density at radius 2 is 1.97 bits per heavy atom. The lowest BCUT2D eigenvalue weighted by molar-refractivity contribution is -0.917. The van der Waals surface area contributed by atoms with E-state index in [1.165, 1.54) is 10.4 Å². The van der Waals surface area contributed by atoms with Crippen LogP contribution in [-0.4, -0.2) is 57.5 Å². The monoisotopic (exact) mass is 458 g/mol. The Balaban J connectivity index is 1.60. The molecule has 1 fully saturated rings. The minimum Gasteiger partial charge on any atom is -0.492 e. The van der Waals surface area contributed by atoms with Crippen molar-refractivity contribution in [3.8, 4) is 5.75 Å². The molecule has 1 saturated heterocycles. The van der Waals surface area contributed by atoms with Gasteiger partial charge in [-0.15, -0.1) is 11.3 Å². The molecular weight excluding hydrogens is 434 g/mol. The molecule has 0 spiro atoms. The van der Waals surface area contributed by atoms with Crippen LogP contribution < -0.4 is 15.0 Å². The van der Waals surface area contributed by atoms with Crippen LogP contribution >= 0.6 is 22.9 Å². The lowest BCUT2D eigenvalue weighted by Gasteiger charge is -2.34. The van der Waals surface area contributed by atoms with E-state index >= 15 is 0 Å². The summed E-state index contributed by atoms with van der Waals surface area (Å²) in [5.41, 5.74) is 0.640. The van der Waals surface area contributed by atoms with E-state index in [0.717, 1.165) is 16.2 Å². The summed E-state index contributed by atoms with van der Waals surface area (Å²) in [5, 5.41) is 2.93. The summed E-state index contributed by atoms with van der Waals surface area (Å²) in [7, 11) is -3.53. The number of nitrogens with zero attached hydrogens (tertiary/aromatic N) is 1. The van der Waals surface area contributed by atoms with Gasteiger partial charge in [0.15, 0.2) is 6.04 Å². The number of piperazine rings is 1. The van der Waals surface area contributed by atoms with Crippen molar-refractivity contribution in [2.75, 3.05) is 38.1 Å². The van der Waals surface area contributed by atoms with Gasteiger partial charge in [-0.25, -0.2) is 8.42 Å². The topological polar surface area (TPSA) is 80.2 Å². The molecule has 1 aliphatic heterocycles. The van der Waals surface area contributed by atoms with Gasteiger partial charge in [0.25, 0.3) is 15.9 Å². The average molecular weight is 459 g/mol. The molecule has 0 bridgehead atoms. The second-order valence-corrected chi connectivity index (χ2v) is 10.6. The van der Waals surface area contributed by atoms with Crippen molar-refractivity contribution < 1.29 is 22.8 Å². The minimum atomic E-state index is -3.53. The number of nitrogens with one attached hydrogen (secondary N) is 2. The highest BCUT2D eigenvalue weighted by Crippen LogP contribution is 2.28. The summed E-state index contributed by atoms with van der Waals surface area (Å²) >= 11 is 6.94. The summed E-state index contributed by atoms with van der Waals surface area (Å²) in [6.45, 7) is 6.10. The first kappa shape index (κ1) is 22.0. The van der Waals surface area contributed by atoms with Gasteiger partial charge in [-0.2, -0.15) is 4.31 Å². The Kier molecular flexibility index (Phi) is 7.18. The molecule has 1 amide bonds. The van der Waals surface area contributed by atoms with Gasteiger partial charge in [-0.05, 0) is 38.1 Å². The summed E-state index contributed by atoms with van der Waals surface area (Å²) in [6.07, 6.45) is 0. The third-order valence-corrected chi connectivity index (χ3v) is 8.55. The SMILES string of the molecule is CCOc1ccccc1NC(=O)C(C)[NH+]1CCN(S(=O)(=O)c2ccc(Cl)s2)CC1. The maximum Gasteiger partial charge on any atom is 0.282 e. The number of thiophene rings is 1. The van der Waals surface area contributed by atoms with Crippen LogP contribution in [0.3, 0.4) is 0 Å². The van der Waals surface area contributed by atoms with E-state index in [1.807, 2.05) is 38.1 Å². The molecule has 0 saturated carbocycles. The van der Waals surface area contributed by atoms with Gasteiger partial charge in [0, 0.05) is 0 Å². The molecule has 7 nitrogen and oxygen atoms in total. The van der Waals surface area contributed by atoms with Crippen LogP contribution in [0.15, 0.2) is 40.6 Å². The number of carbonyl (C=O) groups excluding carboxylic acids is 1. The van der Waals surface area contributed by atoms with E-state index < -0.39 is 10.0 Å². The van der Waals surface area contributed by atoms with Gasteiger partial charge in [-0.1, -0.05) is 23.7 Å². The lowest BCUT2D eigenvalue weighted by atomic mass is 10.2. The van der Waals surface area contributed by atoms with Crippen molar-refractivity contribution in [3.63, 3.8) is 0 Å². The highest BCUT2D eigenvalue weighted by Gasteiger charge is 2.35. The number of hydrogen-bond acceptors (Lipinski definition) is 5. The van der Waals surface area contributed by atoms with Gasteiger partial charge in [0.05, 0.1) is 42.8 Å². The molecule has 1 unspecified atom stereocenters.